The van der Waals surface area contributed by atoms with Crippen LogP contribution in [0, 0.1) is 0 Å². The SMILES string of the molecule is CC/C(=C/C(=O)c1ccccc1)NC. The van der Waals surface area contributed by atoms with Crippen LogP contribution < -0.4 is 5.32 Å². The summed E-state index contributed by atoms with van der Waals surface area (Å²) in [5, 5.41) is 2.99. The smallest absolute Gasteiger partial charge is 0.187 e. The van der Waals surface area contributed by atoms with Crippen LogP contribution in [0.1, 0.15) is 23.7 Å². The highest BCUT2D eigenvalue weighted by Gasteiger charge is 2.01. The third-order valence-electron chi connectivity index (χ3n) is 2.07. The lowest BCUT2D eigenvalue weighted by Gasteiger charge is -2.02. The van der Waals surface area contributed by atoms with Crippen LogP contribution in [0.2, 0.25) is 0 Å². The van der Waals surface area contributed by atoms with E-state index in [0.717, 1.165) is 17.7 Å². The Bertz CT molecular complexity index is 321. The van der Waals surface area contributed by atoms with Crippen molar-refractivity contribution in [2.24, 2.45) is 0 Å². The first-order valence-electron chi connectivity index (χ1n) is 4.75. The van der Waals surface area contributed by atoms with Crippen molar-refractivity contribution < 1.29 is 4.79 Å². The Morgan fingerprint density at radius 1 is 1.36 bits per heavy atom. The van der Waals surface area contributed by atoms with Crippen LogP contribution in [0.25, 0.3) is 0 Å². The van der Waals surface area contributed by atoms with E-state index >= 15 is 0 Å². The first-order valence-corrected chi connectivity index (χ1v) is 4.75. The fourth-order valence-electron chi connectivity index (χ4n) is 1.20. The summed E-state index contributed by atoms with van der Waals surface area (Å²) in [6, 6.07) is 9.28. The molecular weight excluding hydrogens is 174 g/mol. The van der Waals surface area contributed by atoms with Gasteiger partial charge in [-0.3, -0.25) is 4.79 Å². The van der Waals surface area contributed by atoms with E-state index < -0.39 is 0 Å². The Morgan fingerprint density at radius 2 is 2.00 bits per heavy atom. The number of carbonyl (C=O) groups is 1. The monoisotopic (exact) mass is 189 g/mol. The lowest BCUT2D eigenvalue weighted by molar-refractivity contribution is 0.104. The minimum absolute atomic E-state index is 0.0526. The summed E-state index contributed by atoms with van der Waals surface area (Å²) in [6.45, 7) is 2.01. The normalized spacial score (nSPS) is 11.1. The highest BCUT2D eigenvalue weighted by atomic mass is 16.1. The Morgan fingerprint density at radius 3 is 2.50 bits per heavy atom. The predicted octanol–water partition coefficient (Wildman–Crippen LogP) is 2.38. The van der Waals surface area contributed by atoms with Crippen molar-refractivity contribution in [2.45, 2.75) is 13.3 Å². The van der Waals surface area contributed by atoms with Gasteiger partial charge in [0.05, 0.1) is 0 Å². The van der Waals surface area contributed by atoms with Gasteiger partial charge in [-0.1, -0.05) is 37.3 Å². The van der Waals surface area contributed by atoms with E-state index in [0.29, 0.717) is 0 Å². The number of rotatable bonds is 4. The van der Waals surface area contributed by atoms with E-state index in [4.69, 9.17) is 0 Å². The Kier molecular flexibility index (Phi) is 3.92. The van der Waals surface area contributed by atoms with Gasteiger partial charge in [0.2, 0.25) is 0 Å². The molecule has 14 heavy (non-hydrogen) atoms. The molecule has 0 heterocycles. The quantitative estimate of drug-likeness (QED) is 0.582. The second-order valence-electron chi connectivity index (χ2n) is 3.00. The molecule has 0 aliphatic carbocycles. The van der Waals surface area contributed by atoms with Gasteiger partial charge in [-0.2, -0.15) is 0 Å². The van der Waals surface area contributed by atoms with E-state index in [9.17, 15) is 4.79 Å². The lowest BCUT2D eigenvalue weighted by Crippen LogP contribution is -2.07. The Hall–Kier alpha value is -1.57. The predicted molar refractivity (Wildman–Crippen MR) is 58.2 cm³/mol. The summed E-state index contributed by atoms with van der Waals surface area (Å²) < 4.78 is 0. The van der Waals surface area contributed by atoms with Gasteiger partial charge >= 0.3 is 0 Å². The van der Waals surface area contributed by atoms with Crippen LogP contribution in [-0.2, 0) is 0 Å². The number of benzene rings is 1. The van der Waals surface area contributed by atoms with Crippen LogP contribution in [0.15, 0.2) is 42.1 Å². The number of carbonyl (C=O) groups excluding carboxylic acids is 1. The van der Waals surface area contributed by atoms with Gasteiger partial charge in [0.15, 0.2) is 5.78 Å². The van der Waals surface area contributed by atoms with E-state index in [1.165, 1.54) is 0 Å². The van der Waals surface area contributed by atoms with Gasteiger partial charge < -0.3 is 5.32 Å². The molecule has 0 atom stereocenters. The highest BCUT2D eigenvalue weighted by Crippen LogP contribution is 2.03. The van der Waals surface area contributed by atoms with Crippen molar-refractivity contribution in [3.8, 4) is 0 Å². The van der Waals surface area contributed by atoms with E-state index in [2.05, 4.69) is 5.32 Å². The van der Waals surface area contributed by atoms with Crippen molar-refractivity contribution in [3.05, 3.63) is 47.7 Å². The molecule has 2 nitrogen and oxygen atoms in total. The maximum atomic E-state index is 11.7. The average molecular weight is 189 g/mol. The van der Waals surface area contributed by atoms with Crippen molar-refractivity contribution in [1.29, 1.82) is 0 Å². The van der Waals surface area contributed by atoms with E-state index in [1.54, 1.807) is 6.08 Å². The van der Waals surface area contributed by atoms with Crippen molar-refractivity contribution in [2.75, 3.05) is 7.05 Å². The van der Waals surface area contributed by atoms with E-state index in [1.807, 2.05) is 44.3 Å². The second kappa shape index (κ2) is 5.22. The second-order valence-corrected chi connectivity index (χ2v) is 3.00. The summed E-state index contributed by atoms with van der Waals surface area (Å²) >= 11 is 0. The van der Waals surface area contributed by atoms with Gasteiger partial charge in [-0.15, -0.1) is 0 Å². The molecule has 0 bridgehead atoms. The van der Waals surface area contributed by atoms with Crippen LogP contribution in [0.4, 0.5) is 0 Å². The molecule has 0 spiro atoms. The molecular formula is C12H15NO. The Labute approximate surface area is 84.6 Å². The minimum Gasteiger partial charge on any atom is -0.391 e. The third-order valence-corrected chi connectivity index (χ3v) is 2.07. The molecule has 0 radical (unpaired) electrons. The largest absolute Gasteiger partial charge is 0.391 e. The van der Waals surface area contributed by atoms with Crippen molar-refractivity contribution in [3.63, 3.8) is 0 Å². The lowest BCUT2D eigenvalue weighted by atomic mass is 10.1. The zero-order chi connectivity index (χ0) is 10.4. The first-order chi connectivity index (χ1) is 6.77. The maximum Gasteiger partial charge on any atom is 0.187 e. The number of hydrogen-bond acceptors (Lipinski definition) is 2. The molecule has 2 heteroatoms. The number of hydrogen-bond donors (Lipinski definition) is 1. The van der Waals surface area contributed by atoms with Crippen LogP contribution >= 0.6 is 0 Å². The highest BCUT2D eigenvalue weighted by molar-refractivity contribution is 6.04. The summed E-state index contributed by atoms with van der Waals surface area (Å²) in [7, 11) is 1.83. The average Bonchev–Trinajstić information content (AvgIpc) is 2.26. The fourth-order valence-corrected chi connectivity index (χ4v) is 1.20. The molecule has 74 valence electrons. The van der Waals surface area contributed by atoms with Crippen molar-refractivity contribution in [1.82, 2.24) is 5.32 Å². The van der Waals surface area contributed by atoms with Crippen molar-refractivity contribution >= 4 is 5.78 Å². The van der Waals surface area contributed by atoms with Crippen LogP contribution in [0.3, 0.4) is 0 Å². The summed E-state index contributed by atoms with van der Waals surface area (Å²) in [5.41, 5.74) is 1.69. The fraction of sp³-hybridized carbons (Fsp3) is 0.250. The molecule has 0 unspecified atom stereocenters. The molecule has 0 aliphatic rings. The topological polar surface area (TPSA) is 29.1 Å². The Balaban J connectivity index is 2.82. The maximum absolute atomic E-state index is 11.7. The molecule has 1 aromatic carbocycles. The first kappa shape index (κ1) is 10.5. The molecule has 0 saturated heterocycles. The molecule has 1 N–H and O–H groups in total. The van der Waals surface area contributed by atoms with Gasteiger partial charge in [0, 0.05) is 24.4 Å². The third kappa shape index (κ3) is 2.73. The zero-order valence-corrected chi connectivity index (χ0v) is 8.58. The van der Waals surface area contributed by atoms with Gasteiger partial charge in [0.1, 0.15) is 0 Å². The van der Waals surface area contributed by atoms with E-state index in [-0.39, 0.29) is 5.78 Å². The number of nitrogens with one attached hydrogen (secondary N) is 1. The molecule has 0 aromatic heterocycles. The standard InChI is InChI=1S/C12H15NO/c1-3-11(13-2)9-12(14)10-7-5-4-6-8-10/h4-9,13H,3H2,1-2H3/b11-9-. The van der Waals surface area contributed by atoms with Gasteiger partial charge in [0.25, 0.3) is 0 Å². The van der Waals surface area contributed by atoms with Crippen LogP contribution in [0.5, 0.6) is 0 Å². The molecule has 0 amide bonds. The number of allylic oxidation sites excluding steroid dienone is 2. The summed E-state index contributed by atoms with van der Waals surface area (Å²) in [6.07, 6.45) is 2.49. The molecule has 0 saturated carbocycles. The zero-order valence-electron chi connectivity index (χ0n) is 8.58. The van der Waals surface area contributed by atoms with Crippen LogP contribution in [-0.4, -0.2) is 12.8 Å². The molecule has 0 fully saturated rings. The number of ketones is 1. The summed E-state index contributed by atoms with van der Waals surface area (Å²) in [5.74, 6) is 0.0526. The molecule has 1 aromatic rings. The molecule has 1 rings (SSSR count). The van der Waals surface area contributed by atoms with Gasteiger partial charge in [-0.05, 0) is 6.42 Å². The summed E-state index contributed by atoms with van der Waals surface area (Å²) in [4.78, 5) is 11.7. The van der Waals surface area contributed by atoms with Gasteiger partial charge in [-0.25, -0.2) is 0 Å². The molecule has 0 aliphatic heterocycles. The minimum atomic E-state index is 0.0526.